The lowest BCUT2D eigenvalue weighted by molar-refractivity contribution is 0.0453. The van der Waals surface area contributed by atoms with Gasteiger partial charge in [0.1, 0.15) is 0 Å². The average Bonchev–Trinajstić information content (AvgIpc) is 2.24. The van der Waals surface area contributed by atoms with Crippen LogP contribution in [0.3, 0.4) is 0 Å². The van der Waals surface area contributed by atoms with E-state index in [1.807, 2.05) is 0 Å². The molecule has 0 aromatic heterocycles. The minimum atomic E-state index is 0.350. The summed E-state index contributed by atoms with van der Waals surface area (Å²) in [5.41, 5.74) is 0.350. The summed E-state index contributed by atoms with van der Waals surface area (Å²) in [6.45, 7) is 7.64. The summed E-state index contributed by atoms with van der Waals surface area (Å²) in [7, 11) is 0. The van der Waals surface area contributed by atoms with Crippen LogP contribution in [0.15, 0.2) is 0 Å². The van der Waals surface area contributed by atoms with Crippen molar-refractivity contribution >= 4 is 0 Å². The first-order valence-electron chi connectivity index (χ1n) is 6.60. The Morgan fingerprint density at radius 2 is 1.73 bits per heavy atom. The zero-order valence-corrected chi connectivity index (χ0v) is 10.5. The molecular formula is C13H27NO. The molecule has 90 valence electrons. The van der Waals surface area contributed by atoms with Crippen molar-refractivity contribution in [2.24, 2.45) is 0 Å². The van der Waals surface area contributed by atoms with E-state index in [9.17, 15) is 0 Å². The first-order chi connectivity index (χ1) is 7.27. The Bertz CT molecular complexity index is 153. The van der Waals surface area contributed by atoms with Gasteiger partial charge in [-0.2, -0.15) is 0 Å². The Morgan fingerprint density at radius 3 is 2.40 bits per heavy atom. The third kappa shape index (κ3) is 5.53. The first kappa shape index (κ1) is 13.0. The van der Waals surface area contributed by atoms with Gasteiger partial charge in [-0.25, -0.2) is 0 Å². The molecule has 0 atom stereocenters. The van der Waals surface area contributed by atoms with Gasteiger partial charge in [0.15, 0.2) is 0 Å². The van der Waals surface area contributed by atoms with Crippen LogP contribution >= 0.6 is 0 Å². The van der Waals surface area contributed by atoms with Crippen molar-refractivity contribution in [3.63, 3.8) is 0 Å². The molecule has 1 N–H and O–H groups in total. The van der Waals surface area contributed by atoms with Crippen molar-refractivity contribution in [3.05, 3.63) is 0 Å². The lowest BCUT2D eigenvalue weighted by Gasteiger charge is -2.34. The largest absolute Gasteiger partial charge is 0.381 e. The van der Waals surface area contributed by atoms with Crippen LogP contribution < -0.4 is 5.32 Å². The summed E-state index contributed by atoms with van der Waals surface area (Å²) in [5.74, 6) is 0. The van der Waals surface area contributed by atoms with E-state index in [4.69, 9.17) is 4.74 Å². The van der Waals surface area contributed by atoms with E-state index in [1.54, 1.807) is 0 Å². The van der Waals surface area contributed by atoms with Gasteiger partial charge in [-0.3, -0.25) is 0 Å². The SMILES string of the molecule is CCCCCCCNC1(C)CCOCC1. The predicted octanol–water partition coefficient (Wildman–Crippen LogP) is 3.12. The van der Waals surface area contributed by atoms with Crippen molar-refractivity contribution in [2.75, 3.05) is 19.8 Å². The van der Waals surface area contributed by atoms with Crippen LogP contribution in [0.25, 0.3) is 0 Å². The van der Waals surface area contributed by atoms with Gasteiger partial charge in [-0.15, -0.1) is 0 Å². The van der Waals surface area contributed by atoms with Crippen LogP contribution in [0.4, 0.5) is 0 Å². The lowest BCUT2D eigenvalue weighted by Crippen LogP contribution is -2.47. The van der Waals surface area contributed by atoms with E-state index >= 15 is 0 Å². The molecule has 0 spiro atoms. The molecule has 0 amide bonds. The number of hydrogen-bond acceptors (Lipinski definition) is 2. The molecular weight excluding hydrogens is 186 g/mol. The molecule has 0 saturated carbocycles. The minimum Gasteiger partial charge on any atom is -0.381 e. The second-order valence-electron chi connectivity index (χ2n) is 5.01. The van der Waals surface area contributed by atoms with Gasteiger partial charge in [0, 0.05) is 18.8 Å². The monoisotopic (exact) mass is 213 g/mol. The van der Waals surface area contributed by atoms with Gasteiger partial charge in [0.2, 0.25) is 0 Å². The number of hydrogen-bond donors (Lipinski definition) is 1. The fraction of sp³-hybridized carbons (Fsp3) is 1.00. The van der Waals surface area contributed by atoms with Crippen LogP contribution in [0.5, 0.6) is 0 Å². The summed E-state index contributed by atoms with van der Waals surface area (Å²) in [5, 5.41) is 3.69. The quantitative estimate of drug-likeness (QED) is 0.656. The van der Waals surface area contributed by atoms with Crippen LogP contribution in [-0.4, -0.2) is 25.3 Å². The summed E-state index contributed by atoms with van der Waals surface area (Å²) < 4.78 is 5.38. The highest BCUT2D eigenvalue weighted by Gasteiger charge is 2.25. The molecule has 0 radical (unpaired) electrons. The molecule has 2 heteroatoms. The highest BCUT2D eigenvalue weighted by molar-refractivity contribution is 4.84. The van der Waals surface area contributed by atoms with Gasteiger partial charge in [-0.1, -0.05) is 32.6 Å². The Hall–Kier alpha value is -0.0800. The van der Waals surface area contributed by atoms with Gasteiger partial charge in [-0.05, 0) is 32.7 Å². The molecule has 1 aliphatic heterocycles. The van der Waals surface area contributed by atoms with Crippen molar-refractivity contribution in [2.45, 2.75) is 64.3 Å². The van der Waals surface area contributed by atoms with Crippen molar-refractivity contribution in [3.8, 4) is 0 Å². The van der Waals surface area contributed by atoms with Crippen LogP contribution in [0.1, 0.15) is 58.8 Å². The maximum atomic E-state index is 5.38. The summed E-state index contributed by atoms with van der Waals surface area (Å²) >= 11 is 0. The summed E-state index contributed by atoms with van der Waals surface area (Å²) in [4.78, 5) is 0. The predicted molar refractivity (Wildman–Crippen MR) is 65.2 cm³/mol. The van der Waals surface area contributed by atoms with Crippen molar-refractivity contribution < 1.29 is 4.74 Å². The fourth-order valence-corrected chi connectivity index (χ4v) is 2.12. The zero-order valence-electron chi connectivity index (χ0n) is 10.5. The maximum absolute atomic E-state index is 5.38. The highest BCUT2D eigenvalue weighted by atomic mass is 16.5. The van der Waals surface area contributed by atoms with Crippen molar-refractivity contribution in [1.29, 1.82) is 0 Å². The molecule has 0 aliphatic carbocycles. The molecule has 1 aliphatic rings. The van der Waals surface area contributed by atoms with Gasteiger partial charge < -0.3 is 10.1 Å². The molecule has 0 bridgehead atoms. The smallest absolute Gasteiger partial charge is 0.0483 e. The van der Waals surface area contributed by atoms with Gasteiger partial charge in [0.05, 0.1) is 0 Å². The molecule has 1 saturated heterocycles. The molecule has 1 rings (SSSR count). The van der Waals surface area contributed by atoms with Crippen molar-refractivity contribution in [1.82, 2.24) is 5.32 Å². The third-order valence-corrected chi connectivity index (χ3v) is 3.43. The molecule has 0 aromatic rings. The van der Waals surface area contributed by atoms with E-state index in [0.717, 1.165) is 13.2 Å². The lowest BCUT2D eigenvalue weighted by atomic mass is 9.92. The Balaban J connectivity index is 1.98. The third-order valence-electron chi connectivity index (χ3n) is 3.43. The molecule has 1 heterocycles. The molecule has 2 nitrogen and oxygen atoms in total. The van der Waals surface area contributed by atoms with E-state index in [2.05, 4.69) is 19.2 Å². The first-order valence-corrected chi connectivity index (χ1v) is 6.60. The number of ether oxygens (including phenoxy) is 1. The number of nitrogens with one attached hydrogen (secondary N) is 1. The second kappa shape index (κ2) is 7.24. The van der Waals surface area contributed by atoms with E-state index in [1.165, 1.54) is 51.5 Å². The van der Waals surface area contributed by atoms with E-state index in [0.29, 0.717) is 5.54 Å². The summed E-state index contributed by atoms with van der Waals surface area (Å²) in [6.07, 6.45) is 9.18. The van der Waals surface area contributed by atoms with Gasteiger partial charge >= 0.3 is 0 Å². The number of unbranched alkanes of at least 4 members (excludes halogenated alkanes) is 4. The van der Waals surface area contributed by atoms with E-state index in [-0.39, 0.29) is 0 Å². The van der Waals surface area contributed by atoms with Crippen LogP contribution in [0, 0.1) is 0 Å². The topological polar surface area (TPSA) is 21.3 Å². The Kier molecular flexibility index (Phi) is 6.26. The fourth-order valence-electron chi connectivity index (χ4n) is 2.12. The van der Waals surface area contributed by atoms with Gasteiger partial charge in [0.25, 0.3) is 0 Å². The molecule has 0 unspecified atom stereocenters. The molecule has 0 aromatic carbocycles. The normalized spacial score (nSPS) is 20.4. The average molecular weight is 213 g/mol. The minimum absolute atomic E-state index is 0.350. The second-order valence-corrected chi connectivity index (χ2v) is 5.01. The van der Waals surface area contributed by atoms with Crippen LogP contribution in [-0.2, 0) is 4.74 Å². The zero-order chi connectivity index (χ0) is 11.0. The number of rotatable bonds is 7. The maximum Gasteiger partial charge on any atom is 0.0483 e. The Morgan fingerprint density at radius 1 is 1.07 bits per heavy atom. The summed E-state index contributed by atoms with van der Waals surface area (Å²) in [6, 6.07) is 0. The molecule has 1 fully saturated rings. The Labute approximate surface area is 94.8 Å². The molecule has 15 heavy (non-hydrogen) atoms. The highest BCUT2D eigenvalue weighted by Crippen LogP contribution is 2.19. The van der Waals surface area contributed by atoms with E-state index < -0.39 is 0 Å². The standard InChI is InChI=1S/C13H27NO/c1-3-4-5-6-7-10-14-13(2)8-11-15-12-9-13/h14H,3-12H2,1-2H3. The van der Waals surface area contributed by atoms with Crippen LogP contribution in [0.2, 0.25) is 0 Å².